The normalized spacial score (nSPS) is 15.0. The average Bonchev–Trinajstić information content (AvgIpc) is 3.34. The van der Waals surface area contributed by atoms with E-state index in [4.69, 9.17) is 0 Å². The quantitative estimate of drug-likeness (QED) is 0.199. The molecule has 0 spiro atoms. The third-order valence-electron chi connectivity index (χ3n) is 3.89. The van der Waals surface area contributed by atoms with E-state index in [1.54, 1.807) is 37.2 Å². The van der Waals surface area contributed by atoms with E-state index in [-0.39, 0.29) is 28.5 Å². The predicted molar refractivity (Wildman–Crippen MR) is 106 cm³/mol. The van der Waals surface area contributed by atoms with E-state index in [0.29, 0.717) is 0 Å². The van der Waals surface area contributed by atoms with E-state index >= 15 is 0 Å². The van der Waals surface area contributed by atoms with Crippen molar-refractivity contribution in [3.63, 3.8) is 0 Å². The maximum atomic E-state index is 13.1. The fourth-order valence-corrected chi connectivity index (χ4v) is 3.32. The number of hydrogen-bond donors (Lipinski definition) is 0. The predicted octanol–water partition coefficient (Wildman–Crippen LogP) is 2.29. The molecule has 1 aliphatic rings. The van der Waals surface area contributed by atoms with Gasteiger partial charge in [-0.1, -0.05) is 0 Å². The number of benzene rings is 1. The lowest BCUT2D eigenvalue weighted by Crippen LogP contribution is -2.28. The zero-order valence-electron chi connectivity index (χ0n) is 14.6. The van der Waals surface area contributed by atoms with Crippen LogP contribution in [0.4, 0.5) is 5.69 Å². The molecule has 25 heavy (non-hydrogen) atoms. The highest BCUT2D eigenvalue weighted by Crippen LogP contribution is 2.34. The first-order valence-corrected chi connectivity index (χ1v) is 10.7. The maximum Gasteiger partial charge on any atom is 0.232 e. The number of rotatable bonds is 7. The number of ketones is 2. The van der Waals surface area contributed by atoms with Gasteiger partial charge < -0.3 is 4.90 Å². The number of nitrogens with zero attached hydrogens (tertiary/aromatic N) is 2. The summed E-state index contributed by atoms with van der Waals surface area (Å²) in [4.78, 5) is 27.3. The molecule has 0 bridgehead atoms. The Morgan fingerprint density at radius 3 is 2.28 bits per heavy atom. The van der Waals surface area contributed by atoms with Crippen LogP contribution >= 0.6 is 22.6 Å². The zero-order chi connectivity index (χ0) is 18.9. The van der Waals surface area contributed by atoms with Gasteiger partial charge in [0.2, 0.25) is 10.0 Å². The van der Waals surface area contributed by atoms with E-state index < -0.39 is 15.8 Å². The summed E-state index contributed by atoms with van der Waals surface area (Å²) < 4.78 is 25.7. The summed E-state index contributed by atoms with van der Waals surface area (Å²) in [6, 6.07) is 4.93. The Morgan fingerprint density at radius 1 is 1.20 bits per heavy atom. The molecule has 0 heterocycles. The molecule has 1 saturated carbocycles. The van der Waals surface area contributed by atoms with Crippen LogP contribution in [-0.4, -0.2) is 52.3 Å². The molecule has 0 aromatic heterocycles. The van der Waals surface area contributed by atoms with Crippen molar-refractivity contribution in [1.29, 1.82) is 0 Å². The van der Waals surface area contributed by atoms with Gasteiger partial charge in [-0.25, -0.2) is 8.42 Å². The molecular formula is C17H21IN2O4S. The molecule has 0 atom stereocenters. The van der Waals surface area contributed by atoms with E-state index in [1.807, 2.05) is 0 Å². The molecule has 0 N–H and O–H groups in total. The molecule has 1 aliphatic carbocycles. The van der Waals surface area contributed by atoms with Gasteiger partial charge in [-0.15, -0.1) is 0 Å². The monoisotopic (exact) mass is 476 g/mol. The first kappa shape index (κ1) is 19.9. The van der Waals surface area contributed by atoms with Gasteiger partial charge in [0.1, 0.15) is 0 Å². The maximum absolute atomic E-state index is 13.1. The van der Waals surface area contributed by atoms with Gasteiger partial charge in [-0.3, -0.25) is 13.9 Å². The zero-order valence-corrected chi connectivity index (χ0v) is 17.6. The van der Waals surface area contributed by atoms with Gasteiger partial charge >= 0.3 is 0 Å². The lowest BCUT2D eigenvalue weighted by atomic mass is 9.97. The fourth-order valence-electron chi connectivity index (χ4n) is 2.34. The van der Waals surface area contributed by atoms with Crippen molar-refractivity contribution < 1.29 is 18.0 Å². The number of carbonyl (C=O) groups is 2. The number of sulfonamides is 1. The summed E-state index contributed by atoms with van der Waals surface area (Å²) in [7, 11) is 1.34. The van der Waals surface area contributed by atoms with Gasteiger partial charge in [-0.2, -0.15) is 0 Å². The Morgan fingerprint density at radius 2 is 1.80 bits per heavy atom. The van der Waals surface area contributed by atoms with Gasteiger partial charge in [0.15, 0.2) is 11.6 Å². The third kappa shape index (κ3) is 4.81. The molecule has 136 valence electrons. The fraction of sp³-hybridized carbons (Fsp3) is 0.412. The van der Waals surface area contributed by atoms with Crippen molar-refractivity contribution in [2.45, 2.75) is 12.8 Å². The van der Waals surface area contributed by atoms with Crippen molar-refractivity contribution >= 4 is 49.9 Å². The molecule has 0 amide bonds. The molecule has 0 aliphatic heterocycles. The summed E-state index contributed by atoms with van der Waals surface area (Å²) in [5.74, 6) is -0.729. The molecule has 1 fully saturated rings. The number of carbonyl (C=O) groups excluding carboxylic acids is 2. The Hall–Kier alpha value is -1.42. The summed E-state index contributed by atoms with van der Waals surface area (Å²) in [6.45, 7) is 0. The summed E-state index contributed by atoms with van der Waals surface area (Å²) in [6.07, 6.45) is 4.18. The minimum Gasteiger partial charge on any atom is -0.383 e. The Kier molecular flexibility index (Phi) is 5.93. The standard InChI is InChI=1S/C17H21IN2O4S/c1-19(2)10-14(16(21)11-5-6-11)17(22)13-8-7-12(18)9-15(13)20(3)25(4,23)24/h7-11H,5-6H2,1-4H3/b14-10+. The molecule has 0 unspecified atom stereocenters. The van der Waals surface area contributed by atoms with Gasteiger partial charge in [0.05, 0.1) is 17.5 Å². The molecule has 8 heteroatoms. The van der Waals surface area contributed by atoms with Gasteiger partial charge in [0.25, 0.3) is 0 Å². The molecule has 6 nitrogen and oxygen atoms in total. The van der Waals surface area contributed by atoms with Crippen molar-refractivity contribution in [3.05, 3.63) is 39.1 Å². The molecule has 1 aromatic rings. The van der Waals surface area contributed by atoms with Crippen LogP contribution in [0.5, 0.6) is 0 Å². The van der Waals surface area contributed by atoms with E-state index in [0.717, 1.165) is 27.0 Å². The summed E-state index contributed by atoms with van der Waals surface area (Å²) in [5.41, 5.74) is 0.569. The Labute approximate surface area is 162 Å². The van der Waals surface area contributed by atoms with Crippen molar-refractivity contribution in [3.8, 4) is 0 Å². The van der Waals surface area contributed by atoms with Crippen molar-refractivity contribution in [1.82, 2.24) is 4.90 Å². The highest BCUT2D eigenvalue weighted by molar-refractivity contribution is 14.1. The van der Waals surface area contributed by atoms with Gasteiger partial charge in [-0.05, 0) is 53.6 Å². The molecular weight excluding hydrogens is 455 g/mol. The second kappa shape index (κ2) is 7.45. The lowest BCUT2D eigenvalue weighted by Gasteiger charge is -2.21. The highest BCUT2D eigenvalue weighted by atomic mass is 127. The molecule has 0 radical (unpaired) electrons. The minimum absolute atomic E-state index is 0.0943. The van der Waals surface area contributed by atoms with Crippen molar-refractivity contribution in [2.24, 2.45) is 5.92 Å². The Bertz CT molecular complexity index is 842. The first-order chi connectivity index (χ1) is 11.5. The highest BCUT2D eigenvalue weighted by Gasteiger charge is 2.35. The van der Waals surface area contributed by atoms with Crippen LogP contribution in [0, 0.1) is 9.49 Å². The van der Waals surface area contributed by atoms with Crippen LogP contribution in [0.15, 0.2) is 30.0 Å². The largest absolute Gasteiger partial charge is 0.383 e. The minimum atomic E-state index is -3.54. The number of anilines is 1. The number of Topliss-reactive ketones (excluding diaryl/α,β-unsaturated/α-hetero) is 2. The topological polar surface area (TPSA) is 74.8 Å². The van der Waals surface area contributed by atoms with Crippen LogP contribution in [0.1, 0.15) is 23.2 Å². The average molecular weight is 476 g/mol. The molecule has 1 aromatic carbocycles. The van der Waals surface area contributed by atoms with Crippen molar-refractivity contribution in [2.75, 3.05) is 31.7 Å². The second-order valence-electron chi connectivity index (χ2n) is 6.37. The Balaban J connectivity index is 2.55. The van der Waals surface area contributed by atoms with Crippen LogP contribution in [-0.2, 0) is 14.8 Å². The molecule has 0 saturated heterocycles. The SMILES string of the molecule is CN(C)/C=C(/C(=O)c1ccc(I)cc1N(C)S(C)(=O)=O)C(=O)C1CC1. The van der Waals surface area contributed by atoms with Crippen LogP contribution < -0.4 is 4.31 Å². The van der Waals surface area contributed by atoms with Crippen LogP contribution in [0.25, 0.3) is 0 Å². The van der Waals surface area contributed by atoms with Gasteiger partial charge in [0, 0.05) is 42.4 Å². The first-order valence-electron chi connectivity index (χ1n) is 7.73. The smallest absolute Gasteiger partial charge is 0.232 e. The number of allylic oxidation sites excluding steroid dienone is 1. The summed E-state index contributed by atoms with van der Waals surface area (Å²) >= 11 is 2.06. The number of halogens is 1. The van der Waals surface area contributed by atoms with E-state index in [1.165, 1.54) is 13.2 Å². The lowest BCUT2D eigenvalue weighted by molar-refractivity contribution is -0.116. The van der Waals surface area contributed by atoms with E-state index in [2.05, 4.69) is 22.6 Å². The third-order valence-corrected chi connectivity index (χ3v) is 5.75. The summed E-state index contributed by atoms with van der Waals surface area (Å²) in [5, 5.41) is 0. The van der Waals surface area contributed by atoms with Crippen LogP contribution in [0.2, 0.25) is 0 Å². The molecule has 2 rings (SSSR count). The number of hydrogen-bond acceptors (Lipinski definition) is 5. The van der Waals surface area contributed by atoms with E-state index in [9.17, 15) is 18.0 Å². The second-order valence-corrected chi connectivity index (χ2v) is 9.63. The van der Waals surface area contributed by atoms with Crippen LogP contribution in [0.3, 0.4) is 0 Å².